The summed E-state index contributed by atoms with van der Waals surface area (Å²) in [5.74, 6) is 0. The summed E-state index contributed by atoms with van der Waals surface area (Å²) in [6.07, 6.45) is 0. The highest BCUT2D eigenvalue weighted by molar-refractivity contribution is 9.11. The first-order valence-corrected chi connectivity index (χ1v) is 5.47. The van der Waals surface area contributed by atoms with Gasteiger partial charge in [-0.1, -0.05) is 0 Å². The van der Waals surface area contributed by atoms with E-state index in [-0.39, 0.29) is 12.6 Å². The molecule has 68 valence electrons. The topological polar surface area (TPSA) is 32.3 Å². The molecule has 1 unspecified atom stereocenters. The molecule has 0 bridgehead atoms. The van der Waals surface area contributed by atoms with Crippen LogP contribution >= 0.6 is 27.3 Å². The van der Waals surface area contributed by atoms with Gasteiger partial charge in [0.1, 0.15) is 0 Å². The van der Waals surface area contributed by atoms with Gasteiger partial charge in [0.15, 0.2) is 0 Å². The van der Waals surface area contributed by atoms with E-state index in [9.17, 15) is 0 Å². The van der Waals surface area contributed by atoms with Crippen LogP contribution in [-0.2, 0) is 6.54 Å². The normalized spacial score (nSPS) is 13.2. The van der Waals surface area contributed by atoms with E-state index in [2.05, 4.69) is 32.7 Å². The summed E-state index contributed by atoms with van der Waals surface area (Å²) in [6, 6.07) is 2.26. The van der Waals surface area contributed by atoms with Crippen molar-refractivity contribution in [2.24, 2.45) is 0 Å². The third-order valence-corrected chi connectivity index (χ3v) is 3.10. The quantitative estimate of drug-likeness (QED) is 0.856. The minimum absolute atomic E-state index is 0.170. The standard InChI is InChI=1S/C8H12BrNOS/c1-6(4-11)10-3-7-2-8(9)12-5-7/h2,5-6,10-11H,3-4H2,1H3. The molecule has 4 heteroatoms. The number of nitrogens with one attached hydrogen (secondary N) is 1. The highest BCUT2D eigenvalue weighted by atomic mass is 79.9. The monoisotopic (exact) mass is 249 g/mol. The summed E-state index contributed by atoms with van der Waals surface area (Å²) in [5.41, 5.74) is 1.26. The number of rotatable bonds is 4. The molecule has 0 amide bonds. The van der Waals surface area contributed by atoms with Crippen LogP contribution in [0.4, 0.5) is 0 Å². The summed E-state index contributed by atoms with van der Waals surface area (Å²) in [4.78, 5) is 0. The SMILES string of the molecule is CC(CO)NCc1csc(Br)c1. The van der Waals surface area contributed by atoms with Gasteiger partial charge in [0.05, 0.1) is 10.4 Å². The van der Waals surface area contributed by atoms with Gasteiger partial charge in [-0.2, -0.15) is 0 Å². The molecule has 1 atom stereocenters. The molecule has 0 aliphatic carbocycles. The molecule has 0 aliphatic rings. The molecular weight excluding hydrogens is 238 g/mol. The van der Waals surface area contributed by atoms with E-state index in [0.29, 0.717) is 0 Å². The Bertz CT molecular complexity index is 239. The Kier molecular flexibility index (Phi) is 4.21. The van der Waals surface area contributed by atoms with Gasteiger partial charge < -0.3 is 10.4 Å². The Morgan fingerprint density at radius 1 is 1.75 bits per heavy atom. The maximum Gasteiger partial charge on any atom is 0.0701 e. The lowest BCUT2D eigenvalue weighted by molar-refractivity contribution is 0.251. The van der Waals surface area contributed by atoms with Crippen molar-refractivity contribution in [3.63, 3.8) is 0 Å². The smallest absolute Gasteiger partial charge is 0.0701 e. The van der Waals surface area contributed by atoms with Crippen molar-refractivity contribution in [2.75, 3.05) is 6.61 Å². The first kappa shape index (κ1) is 10.2. The molecule has 1 rings (SSSR count). The van der Waals surface area contributed by atoms with Crippen molar-refractivity contribution < 1.29 is 5.11 Å². The molecule has 2 N–H and O–H groups in total. The van der Waals surface area contributed by atoms with Crippen molar-refractivity contribution in [3.8, 4) is 0 Å². The summed E-state index contributed by atoms with van der Waals surface area (Å²) in [5, 5.41) is 14.0. The Morgan fingerprint density at radius 3 is 3.00 bits per heavy atom. The van der Waals surface area contributed by atoms with Crippen LogP contribution in [0.2, 0.25) is 0 Å². The molecule has 0 fully saturated rings. The second kappa shape index (κ2) is 4.97. The molecule has 0 radical (unpaired) electrons. The van der Waals surface area contributed by atoms with E-state index in [1.54, 1.807) is 11.3 Å². The van der Waals surface area contributed by atoms with E-state index in [1.807, 2.05) is 6.92 Å². The predicted octanol–water partition coefficient (Wildman–Crippen LogP) is 1.98. The molecule has 0 aromatic carbocycles. The lowest BCUT2D eigenvalue weighted by Gasteiger charge is -2.08. The number of hydrogen-bond acceptors (Lipinski definition) is 3. The summed E-state index contributed by atoms with van der Waals surface area (Å²) < 4.78 is 1.15. The maximum atomic E-state index is 8.75. The molecule has 0 saturated carbocycles. The lowest BCUT2D eigenvalue weighted by Crippen LogP contribution is -2.28. The number of thiophene rings is 1. The predicted molar refractivity (Wildman–Crippen MR) is 55.4 cm³/mol. The average Bonchev–Trinajstić information content (AvgIpc) is 2.47. The van der Waals surface area contributed by atoms with Crippen LogP contribution in [0.15, 0.2) is 15.2 Å². The van der Waals surface area contributed by atoms with Crippen LogP contribution in [0.3, 0.4) is 0 Å². The van der Waals surface area contributed by atoms with Crippen LogP contribution in [0.5, 0.6) is 0 Å². The number of aliphatic hydroxyl groups excluding tert-OH is 1. The van der Waals surface area contributed by atoms with E-state index in [4.69, 9.17) is 5.11 Å². The Hall–Kier alpha value is 0.100. The molecule has 2 nitrogen and oxygen atoms in total. The summed E-state index contributed by atoms with van der Waals surface area (Å²) in [6.45, 7) is 2.97. The van der Waals surface area contributed by atoms with Gasteiger partial charge in [-0.05, 0) is 39.9 Å². The van der Waals surface area contributed by atoms with Crippen LogP contribution in [0.1, 0.15) is 12.5 Å². The first-order chi connectivity index (χ1) is 5.72. The zero-order chi connectivity index (χ0) is 8.97. The van der Waals surface area contributed by atoms with Crippen molar-refractivity contribution in [1.82, 2.24) is 5.32 Å². The fraction of sp³-hybridized carbons (Fsp3) is 0.500. The van der Waals surface area contributed by atoms with Gasteiger partial charge in [-0.15, -0.1) is 11.3 Å². The highest BCUT2D eigenvalue weighted by Gasteiger charge is 2.00. The third kappa shape index (κ3) is 3.23. The van der Waals surface area contributed by atoms with Crippen LogP contribution in [0, 0.1) is 0 Å². The zero-order valence-corrected chi connectivity index (χ0v) is 9.28. The Balaban J connectivity index is 2.33. The van der Waals surface area contributed by atoms with Gasteiger partial charge in [0.25, 0.3) is 0 Å². The van der Waals surface area contributed by atoms with Crippen LogP contribution < -0.4 is 5.32 Å². The molecule has 0 saturated heterocycles. The Morgan fingerprint density at radius 2 is 2.50 bits per heavy atom. The fourth-order valence-corrected chi connectivity index (χ4v) is 2.00. The van der Waals surface area contributed by atoms with Crippen molar-refractivity contribution in [3.05, 3.63) is 20.8 Å². The number of hydrogen-bond donors (Lipinski definition) is 2. The van der Waals surface area contributed by atoms with Crippen molar-refractivity contribution in [2.45, 2.75) is 19.5 Å². The molecule has 1 aromatic heterocycles. The molecular formula is C8H12BrNOS. The van der Waals surface area contributed by atoms with Gasteiger partial charge in [0, 0.05) is 12.6 Å². The lowest BCUT2D eigenvalue weighted by atomic mass is 10.3. The van der Waals surface area contributed by atoms with E-state index in [1.165, 1.54) is 5.56 Å². The van der Waals surface area contributed by atoms with E-state index >= 15 is 0 Å². The third-order valence-electron chi connectivity index (χ3n) is 1.55. The highest BCUT2D eigenvalue weighted by Crippen LogP contribution is 2.20. The summed E-state index contributed by atoms with van der Waals surface area (Å²) >= 11 is 5.08. The van der Waals surface area contributed by atoms with Crippen LogP contribution in [0.25, 0.3) is 0 Å². The van der Waals surface area contributed by atoms with Crippen molar-refractivity contribution >= 4 is 27.3 Å². The van der Waals surface area contributed by atoms with Crippen LogP contribution in [-0.4, -0.2) is 17.8 Å². The fourth-order valence-electron chi connectivity index (χ4n) is 0.795. The van der Waals surface area contributed by atoms with Gasteiger partial charge in [0.2, 0.25) is 0 Å². The zero-order valence-electron chi connectivity index (χ0n) is 6.88. The molecule has 12 heavy (non-hydrogen) atoms. The minimum Gasteiger partial charge on any atom is -0.395 e. The number of aliphatic hydroxyl groups is 1. The van der Waals surface area contributed by atoms with E-state index < -0.39 is 0 Å². The summed E-state index contributed by atoms with van der Waals surface area (Å²) in [7, 11) is 0. The Labute approximate surface area is 84.7 Å². The second-order valence-electron chi connectivity index (χ2n) is 2.72. The minimum atomic E-state index is 0.170. The van der Waals surface area contributed by atoms with Gasteiger partial charge >= 0.3 is 0 Å². The number of halogens is 1. The molecule has 1 heterocycles. The van der Waals surface area contributed by atoms with Crippen molar-refractivity contribution in [1.29, 1.82) is 0 Å². The van der Waals surface area contributed by atoms with Gasteiger partial charge in [-0.25, -0.2) is 0 Å². The molecule has 1 aromatic rings. The first-order valence-electron chi connectivity index (χ1n) is 3.79. The second-order valence-corrected chi connectivity index (χ2v) is 5.01. The average molecular weight is 250 g/mol. The maximum absolute atomic E-state index is 8.75. The van der Waals surface area contributed by atoms with E-state index in [0.717, 1.165) is 10.3 Å². The largest absolute Gasteiger partial charge is 0.395 e. The molecule has 0 spiro atoms. The molecule has 0 aliphatic heterocycles. The van der Waals surface area contributed by atoms with Gasteiger partial charge in [-0.3, -0.25) is 0 Å².